The number of nitrogens with zero attached hydrogens (tertiary/aromatic N) is 1. The van der Waals surface area contributed by atoms with E-state index in [-0.39, 0.29) is 30.9 Å². The van der Waals surface area contributed by atoms with Crippen LogP contribution in [0.5, 0.6) is 0 Å². The summed E-state index contributed by atoms with van der Waals surface area (Å²) in [5, 5.41) is 11.8. The third-order valence-corrected chi connectivity index (χ3v) is 3.24. The van der Waals surface area contributed by atoms with Crippen molar-refractivity contribution in [1.82, 2.24) is 10.2 Å². The Balaban J connectivity index is 0. The van der Waals surface area contributed by atoms with E-state index < -0.39 is 12.0 Å². The van der Waals surface area contributed by atoms with E-state index in [1.807, 2.05) is 13.8 Å². The Bertz CT molecular complexity index is 298. The molecule has 0 aromatic heterocycles. The molecule has 0 aliphatic heterocycles. The summed E-state index contributed by atoms with van der Waals surface area (Å²) < 4.78 is 0. The zero-order chi connectivity index (χ0) is 15.0. The molecule has 0 bridgehead atoms. The van der Waals surface area contributed by atoms with Gasteiger partial charge in [0, 0.05) is 13.1 Å². The second-order valence-corrected chi connectivity index (χ2v) is 5.54. The summed E-state index contributed by atoms with van der Waals surface area (Å²) in [7, 11) is 1.77. The quantitative estimate of drug-likeness (QED) is 0.685. The molecule has 1 amide bonds. The van der Waals surface area contributed by atoms with Gasteiger partial charge in [-0.05, 0) is 25.7 Å². The van der Waals surface area contributed by atoms with Crippen molar-refractivity contribution in [2.24, 2.45) is 5.92 Å². The van der Waals surface area contributed by atoms with Gasteiger partial charge in [0.1, 0.15) is 6.04 Å². The maximum Gasteiger partial charge on any atom is 0.320 e. The van der Waals surface area contributed by atoms with Crippen molar-refractivity contribution in [3.05, 3.63) is 0 Å². The molecule has 120 valence electrons. The van der Waals surface area contributed by atoms with E-state index in [2.05, 4.69) is 19.2 Å². The summed E-state index contributed by atoms with van der Waals surface area (Å²) >= 11 is 0. The second-order valence-electron chi connectivity index (χ2n) is 5.54. The SMILES string of the molecule is CCCC(NCC(=O)N(C)C(C)CC(C)C)C(=O)O.Cl. The van der Waals surface area contributed by atoms with Crippen molar-refractivity contribution in [3.63, 3.8) is 0 Å². The molecule has 5 nitrogen and oxygen atoms in total. The van der Waals surface area contributed by atoms with Crippen molar-refractivity contribution in [2.45, 2.75) is 59.0 Å². The van der Waals surface area contributed by atoms with Crippen molar-refractivity contribution < 1.29 is 14.7 Å². The molecule has 0 rings (SSSR count). The molecular formula is C14H29ClN2O3. The predicted octanol–water partition coefficient (Wildman–Crippen LogP) is 2.14. The zero-order valence-corrected chi connectivity index (χ0v) is 14.0. The fourth-order valence-electron chi connectivity index (χ4n) is 2.02. The number of nitrogens with one attached hydrogen (secondary N) is 1. The Hall–Kier alpha value is -0.810. The highest BCUT2D eigenvalue weighted by molar-refractivity contribution is 5.85. The maximum atomic E-state index is 12.0. The smallest absolute Gasteiger partial charge is 0.320 e. The molecular weight excluding hydrogens is 280 g/mol. The van der Waals surface area contributed by atoms with E-state index in [9.17, 15) is 9.59 Å². The van der Waals surface area contributed by atoms with Crippen LogP contribution in [-0.4, -0.2) is 47.6 Å². The number of carboxylic acids is 1. The Morgan fingerprint density at radius 1 is 1.25 bits per heavy atom. The minimum absolute atomic E-state index is 0. The lowest BCUT2D eigenvalue weighted by atomic mass is 10.0. The average Bonchev–Trinajstić information content (AvgIpc) is 2.31. The van der Waals surface area contributed by atoms with Gasteiger partial charge in [0.15, 0.2) is 0 Å². The molecule has 0 aliphatic rings. The molecule has 0 saturated carbocycles. The summed E-state index contributed by atoms with van der Waals surface area (Å²) in [6, 6.07) is -0.466. The van der Waals surface area contributed by atoms with Gasteiger partial charge in [0.2, 0.25) is 5.91 Å². The van der Waals surface area contributed by atoms with E-state index in [1.165, 1.54) is 0 Å². The molecule has 2 atom stereocenters. The van der Waals surface area contributed by atoms with Crippen LogP contribution in [-0.2, 0) is 9.59 Å². The van der Waals surface area contributed by atoms with E-state index in [0.29, 0.717) is 12.3 Å². The van der Waals surface area contributed by atoms with Gasteiger partial charge in [-0.2, -0.15) is 0 Å². The van der Waals surface area contributed by atoms with Crippen LogP contribution in [0.2, 0.25) is 0 Å². The lowest BCUT2D eigenvalue weighted by molar-refractivity contribution is -0.140. The summed E-state index contributed by atoms with van der Waals surface area (Å²) in [6.07, 6.45) is 2.26. The van der Waals surface area contributed by atoms with Gasteiger partial charge in [-0.1, -0.05) is 27.2 Å². The molecule has 0 aromatic carbocycles. The van der Waals surface area contributed by atoms with Crippen LogP contribution >= 0.6 is 12.4 Å². The van der Waals surface area contributed by atoms with Gasteiger partial charge in [-0.15, -0.1) is 12.4 Å². The van der Waals surface area contributed by atoms with Crippen LogP contribution in [0.4, 0.5) is 0 Å². The summed E-state index contributed by atoms with van der Waals surface area (Å²) in [5.41, 5.74) is 0. The number of likely N-dealkylation sites (N-methyl/N-ethyl adjacent to an activating group) is 1. The first kappa shape index (κ1) is 21.5. The number of carbonyl (C=O) groups excluding carboxylic acids is 1. The minimum Gasteiger partial charge on any atom is -0.480 e. The lowest BCUT2D eigenvalue weighted by Crippen LogP contribution is -2.46. The second kappa shape index (κ2) is 10.9. The lowest BCUT2D eigenvalue weighted by Gasteiger charge is -2.27. The molecule has 0 aromatic rings. The van der Waals surface area contributed by atoms with Crippen molar-refractivity contribution in [2.75, 3.05) is 13.6 Å². The Kier molecular flexibility index (Phi) is 11.7. The molecule has 0 aliphatic carbocycles. The summed E-state index contributed by atoms with van der Waals surface area (Å²) in [6.45, 7) is 8.26. The normalized spacial score (nSPS) is 13.5. The first-order chi connectivity index (χ1) is 8.79. The summed E-state index contributed by atoms with van der Waals surface area (Å²) in [4.78, 5) is 24.6. The monoisotopic (exact) mass is 308 g/mol. The zero-order valence-electron chi connectivity index (χ0n) is 13.2. The van der Waals surface area contributed by atoms with Gasteiger partial charge < -0.3 is 10.0 Å². The topological polar surface area (TPSA) is 69.6 Å². The number of carboxylic acid groups (broad SMARTS) is 1. The molecule has 2 unspecified atom stereocenters. The molecule has 0 spiro atoms. The third-order valence-electron chi connectivity index (χ3n) is 3.24. The molecule has 0 fully saturated rings. The average molecular weight is 309 g/mol. The van der Waals surface area contributed by atoms with Crippen LogP contribution in [0, 0.1) is 5.92 Å². The summed E-state index contributed by atoms with van der Waals surface area (Å²) in [5.74, 6) is -0.423. The first-order valence-electron chi connectivity index (χ1n) is 7.01. The van der Waals surface area contributed by atoms with Crippen LogP contribution in [0.3, 0.4) is 0 Å². The molecule has 0 heterocycles. The number of aliphatic carboxylic acids is 1. The van der Waals surface area contributed by atoms with Gasteiger partial charge in [-0.3, -0.25) is 14.9 Å². The highest BCUT2D eigenvalue weighted by Gasteiger charge is 2.20. The molecule has 0 radical (unpaired) electrons. The number of hydrogen-bond donors (Lipinski definition) is 2. The molecule has 6 heteroatoms. The maximum absolute atomic E-state index is 12.0. The fraction of sp³-hybridized carbons (Fsp3) is 0.857. The van der Waals surface area contributed by atoms with E-state index in [1.54, 1.807) is 11.9 Å². The van der Waals surface area contributed by atoms with Gasteiger partial charge >= 0.3 is 5.97 Å². The third kappa shape index (κ3) is 8.38. The van der Waals surface area contributed by atoms with Crippen molar-refractivity contribution in [1.29, 1.82) is 0 Å². The van der Waals surface area contributed by atoms with Crippen LogP contribution < -0.4 is 5.32 Å². The van der Waals surface area contributed by atoms with Crippen molar-refractivity contribution in [3.8, 4) is 0 Å². The number of amides is 1. The Morgan fingerprint density at radius 2 is 1.80 bits per heavy atom. The standard InChI is InChI=1S/C14H28N2O3.ClH/c1-6-7-12(14(18)19)15-9-13(17)16(5)11(4)8-10(2)3;/h10-12,15H,6-9H2,1-5H3,(H,18,19);1H. The van der Waals surface area contributed by atoms with Gasteiger partial charge in [0.25, 0.3) is 0 Å². The van der Waals surface area contributed by atoms with Crippen LogP contribution in [0.25, 0.3) is 0 Å². The minimum atomic E-state index is -0.896. The Labute approximate surface area is 128 Å². The van der Waals surface area contributed by atoms with E-state index in [4.69, 9.17) is 5.11 Å². The van der Waals surface area contributed by atoms with Crippen LogP contribution in [0.15, 0.2) is 0 Å². The number of halogens is 1. The highest BCUT2D eigenvalue weighted by atomic mass is 35.5. The molecule has 20 heavy (non-hydrogen) atoms. The molecule has 0 saturated heterocycles. The van der Waals surface area contributed by atoms with E-state index >= 15 is 0 Å². The van der Waals surface area contributed by atoms with E-state index in [0.717, 1.165) is 12.8 Å². The largest absolute Gasteiger partial charge is 0.480 e. The molecule has 2 N–H and O–H groups in total. The fourth-order valence-corrected chi connectivity index (χ4v) is 2.02. The number of rotatable bonds is 9. The first-order valence-corrected chi connectivity index (χ1v) is 7.01. The van der Waals surface area contributed by atoms with Crippen LogP contribution in [0.1, 0.15) is 47.0 Å². The van der Waals surface area contributed by atoms with Gasteiger partial charge in [-0.25, -0.2) is 0 Å². The van der Waals surface area contributed by atoms with Crippen molar-refractivity contribution >= 4 is 24.3 Å². The predicted molar refractivity (Wildman–Crippen MR) is 83.3 cm³/mol. The number of hydrogen-bond acceptors (Lipinski definition) is 3. The Morgan fingerprint density at radius 3 is 2.20 bits per heavy atom. The highest BCUT2D eigenvalue weighted by Crippen LogP contribution is 2.09. The van der Waals surface area contributed by atoms with Gasteiger partial charge in [0.05, 0.1) is 6.54 Å². The number of carbonyl (C=O) groups is 2.